The minimum absolute atomic E-state index is 0.130. The number of nitrogens with two attached hydrogens (primary N) is 1. The van der Waals surface area contributed by atoms with E-state index in [4.69, 9.17) is 5.73 Å². The number of aliphatic hydroxyl groups is 1. The first-order valence-electron chi connectivity index (χ1n) is 7.28. The molecular weight excluding hydrogens is 358 g/mol. The largest absolute Gasteiger partial charge is 0.383 e. The summed E-state index contributed by atoms with van der Waals surface area (Å²) < 4.78 is 4.68. The van der Waals surface area contributed by atoms with Crippen LogP contribution in [0.2, 0.25) is 0 Å². The van der Waals surface area contributed by atoms with Crippen LogP contribution >= 0.6 is 34.5 Å². The van der Waals surface area contributed by atoms with Gasteiger partial charge in [-0.25, -0.2) is 0 Å². The van der Waals surface area contributed by atoms with Crippen LogP contribution < -0.4 is 16.4 Å². The van der Waals surface area contributed by atoms with Gasteiger partial charge in [0, 0.05) is 43.0 Å². The van der Waals surface area contributed by atoms with Crippen molar-refractivity contribution in [2.75, 3.05) is 37.7 Å². The van der Waals surface area contributed by atoms with Crippen LogP contribution in [0.3, 0.4) is 0 Å². The number of hydrogen-bond acceptors (Lipinski definition) is 8. The highest BCUT2D eigenvalue weighted by Crippen LogP contribution is 2.21. The van der Waals surface area contributed by atoms with Crippen LogP contribution in [0.5, 0.6) is 0 Å². The third-order valence-electron chi connectivity index (χ3n) is 2.87. The lowest BCUT2D eigenvalue weighted by atomic mass is 9.87. The predicted molar refractivity (Wildman–Crippen MR) is 99.3 cm³/mol. The van der Waals surface area contributed by atoms with Crippen molar-refractivity contribution in [3.05, 3.63) is 0 Å². The van der Waals surface area contributed by atoms with Gasteiger partial charge in [0.1, 0.15) is 6.10 Å². The summed E-state index contributed by atoms with van der Waals surface area (Å²) >= 11 is 3.63. The number of rotatable bonds is 13. The Hall–Kier alpha value is -0.130. The van der Waals surface area contributed by atoms with Crippen LogP contribution in [0.1, 0.15) is 20.3 Å². The fourth-order valence-corrected chi connectivity index (χ4v) is 3.58. The van der Waals surface area contributed by atoms with Gasteiger partial charge in [0.25, 0.3) is 0 Å². The Balaban J connectivity index is 3.80. The summed E-state index contributed by atoms with van der Waals surface area (Å²) in [6.45, 7) is 4.91. The monoisotopic (exact) mass is 385 g/mol. The minimum atomic E-state index is -1.23. The molecule has 0 bridgehead atoms. The molecule has 0 saturated carbocycles. The van der Waals surface area contributed by atoms with Crippen molar-refractivity contribution in [2.24, 2.45) is 11.1 Å². The van der Waals surface area contributed by atoms with E-state index in [0.29, 0.717) is 13.1 Å². The van der Waals surface area contributed by atoms with Gasteiger partial charge in [-0.05, 0) is 12.9 Å². The van der Waals surface area contributed by atoms with Gasteiger partial charge in [-0.1, -0.05) is 35.4 Å². The van der Waals surface area contributed by atoms with Crippen LogP contribution in [0.15, 0.2) is 0 Å². The first-order chi connectivity index (χ1) is 10.8. The maximum atomic E-state index is 11.8. The lowest BCUT2D eigenvalue weighted by Crippen LogP contribution is -2.46. The van der Waals surface area contributed by atoms with Crippen molar-refractivity contribution in [1.29, 1.82) is 0 Å². The van der Waals surface area contributed by atoms with E-state index < -0.39 is 17.4 Å². The Morgan fingerprint density at radius 2 is 1.91 bits per heavy atom. The molecule has 0 saturated heterocycles. The van der Waals surface area contributed by atoms with Crippen LogP contribution in [0.4, 0.5) is 0 Å². The van der Waals surface area contributed by atoms with E-state index in [1.165, 1.54) is 0 Å². The zero-order chi connectivity index (χ0) is 17.7. The molecule has 0 heterocycles. The second-order valence-corrected chi connectivity index (χ2v) is 8.45. The Bertz CT molecular complexity index is 359. The minimum Gasteiger partial charge on any atom is -0.383 e. The first kappa shape index (κ1) is 22.9. The van der Waals surface area contributed by atoms with E-state index in [-0.39, 0.29) is 25.5 Å². The molecule has 136 valence electrons. The molecule has 0 spiro atoms. The van der Waals surface area contributed by atoms with E-state index in [1.807, 2.05) is 0 Å². The molecule has 0 rings (SSSR count). The third-order valence-corrected chi connectivity index (χ3v) is 5.44. The maximum Gasteiger partial charge on any atom is 0.249 e. The van der Waals surface area contributed by atoms with Crippen molar-refractivity contribution in [3.63, 3.8) is 0 Å². The normalized spacial score (nSPS) is 12.7. The molecule has 23 heavy (non-hydrogen) atoms. The van der Waals surface area contributed by atoms with Gasteiger partial charge in [0.2, 0.25) is 11.8 Å². The molecule has 0 aliphatic heterocycles. The Kier molecular flexibility index (Phi) is 13.1. The molecule has 0 aliphatic rings. The molecule has 0 aromatic carbocycles. The molecule has 0 aromatic heterocycles. The van der Waals surface area contributed by atoms with E-state index in [1.54, 1.807) is 35.4 Å². The van der Waals surface area contributed by atoms with Crippen LogP contribution in [0.25, 0.3) is 0 Å². The highest BCUT2D eigenvalue weighted by Gasteiger charge is 2.33. The summed E-state index contributed by atoms with van der Waals surface area (Å²) in [6.07, 6.45) is -1.06. The highest BCUT2D eigenvalue weighted by atomic mass is 33.1. The number of amides is 2. The van der Waals surface area contributed by atoms with Crippen molar-refractivity contribution < 1.29 is 18.9 Å². The number of carbonyl (C=O) groups excluding carboxylic acids is 2. The van der Waals surface area contributed by atoms with Gasteiger partial charge in [-0.15, -0.1) is 0 Å². The van der Waals surface area contributed by atoms with Crippen molar-refractivity contribution in [1.82, 2.24) is 10.6 Å². The second-order valence-electron chi connectivity index (χ2n) is 5.49. The van der Waals surface area contributed by atoms with Crippen molar-refractivity contribution in [2.45, 2.75) is 26.4 Å². The smallest absolute Gasteiger partial charge is 0.249 e. The summed E-state index contributed by atoms with van der Waals surface area (Å²) in [7, 11) is 3.34. The number of aliphatic hydroxyl groups excluding tert-OH is 1. The van der Waals surface area contributed by atoms with Crippen LogP contribution in [0, 0.1) is 5.41 Å². The number of nitrogens with one attached hydrogen (secondary N) is 2. The molecule has 0 radical (unpaired) electrons. The summed E-state index contributed by atoms with van der Waals surface area (Å²) in [6, 6.07) is 0. The highest BCUT2D eigenvalue weighted by molar-refractivity contribution is 8.76. The molecule has 1 unspecified atom stereocenters. The van der Waals surface area contributed by atoms with Gasteiger partial charge >= 0.3 is 0 Å². The maximum absolute atomic E-state index is 11.8. The van der Waals surface area contributed by atoms with Gasteiger partial charge < -0.3 is 25.7 Å². The van der Waals surface area contributed by atoms with Crippen LogP contribution in [-0.4, -0.2) is 60.8 Å². The molecule has 10 heteroatoms. The Morgan fingerprint density at radius 3 is 2.52 bits per heavy atom. The quantitative estimate of drug-likeness (QED) is 0.133. The van der Waals surface area contributed by atoms with Gasteiger partial charge in [0.15, 0.2) is 0 Å². The van der Waals surface area contributed by atoms with Gasteiger partial charge in [-0.3, -0.25) is 9.59 Å². The zero-order valence-electron chi connectivity index (χ0n) is 13.5. The van der Waals surface area contributed by atoms with Gasteiger partial charge in [-0.2, -0.15) is 0 Å². The number of hydrogen-bond donors (Lipinski definition) is 5. The topological polar surface area (TPSA) is 114 Å². The first-order valence-corrected chi connectivity index (χ1v) is 10.1. The van der Waals surface area contributed by atoms with Crippen molar-refractivity contribution >= 4 is 46.3 Å². The fraction of sp³-hybridized carbons (Fsp3) is 0.846. The van der Waals surface area contributed by atoms with E-state index in [0.717, 1.165) is 11.5 Å². The number of carbonyl (C=O) groups is 2. The summed E-state index contributed by atoms with van der Waals surface area (Å²) in [5.74, 6) is 1.03. The average molecular weight is 386 g/mol. The number of thiol groups is 1. The SMILES string of the molecule is CC(C)(COS)C(O)C(=O)NCCC(=O)NCCSSCCN. The lowest BCUT2D eigenvalue weighted by molar-refractivity contribution is -0.136. The lowest BCUT2D eigenvalue weighted by Gasteiger charge is -2.28. The molecule has 5 N–H and O–H groups in total. The summed E-state index contributed by atoms with van der Waals surface area (Å²) in [5.41, 5.74) is 4.61. The van der Waals surface area contributed by atoms with Gasteiger partial charge in [0.05, 0.1) is 6.61 Å². The summed E-state index contributed by atoms with van der Waals surface area (Å²) in [5, 5.41) is 15.3. The van der Waals surface area contributed by atoms with Crippen molar-refractivity contribution in [3.8, 4) is 0 Å². The van der Waals surface area contributed by atoms with E-state index in [2.05, 4.69) is 27.7 Å². The summed E-state index contributed by atoms with van der Waals surface area (Å²) in [4.78, 5) is 23.4. The molecule has 1 atom stereocenters. The average Bonchev–Trinajstić information content (AvgIpc) is 2.49. The molecule has 0 aromatic rings. The second kappa shape index (κ2) is 13.2. The fourth-order valence-electron chi connectivity index (χ4n) is 1.48. The molecule has 0 fully saturated rings. The molecular formula is C13H27N3O4S3. The predicted octanol–water partition coefficient (Wildman–Crippen LogP) is 0.198. The zero-order valence-corrected chi connectivity index (χ0v) is 16.1. The standard InChI is InChI=1S/C13H27N3O4S3/c1-13(2,9-20-21)11(18)12(19)16-5-3-10(17)15-6-8-23-22-7-4-14/h11,18,21H,3-9,14H2,1-2H3,(H,15,17)(H,16,19). The Labute approximate surface area is 151 Å². The van der Waals surface area contributed by atoms with E-state index >= 15 is 0 Å². The molecule has 2 amide bonds. The van der Waals surface area contributed by atoms with Crippen LogP contribution in [-0.2, 0) is 13.8 Å². The third kappa shape index (κ3) is 11.1. The van der Waals surface area contributed by atoms with E-state index in [9.17, 15) is 14.7 Å². The Morgan fingerprint density at radius 1 is 1.26 bits per heavy atom. The molecule has 0 aliphatic carbocycles. The molecule has 7 nitrogen and oxygen atoms in total.